The maximum atomic E-state index is 12.2. The van der Waals surface area contributed by atoms with Crippen LogP contribution < -0.4 is 0 Å². The monoisotopic (exact) mass is 276 g/mol. The number of benzene rings is 1. The number of aryl methyl sites for hydroxylation is 1. The minimum atomic E-state index is -3.60. The fourth-order valence-electron chi connectivity index (χ4n) is 3.67. The van der Waals surface area contributed by atoms with Crippen LogP contribution in [0, 0.1) is 30.6 Å². The quantitative estimate of drug-likeness (QED) is 0.629. The molecule has 5 atom stereocenters. The second-order valence-corrected chi connectivity index (χ2v) is 7.49. The van der Waals surface area contributed by atoms with E-state index in [1.807, 2.05) is 6.92 Å². The summed E-state index contributed by atoms with van der Waals surface area (Å²) >= 11 is 0. The Balaban J connectivity index is 1.50. The summed E-state index contributed by atoms with van der Waals surface area (Å²) in [5.41, 5.74) is 1.05. The van der Waals surface area contributed by atoms with Crippen LogP contribution in [0.1, 0.15) is 12.0 Å². The molecule has 0 saturated heterocycles. The smallest absolute Gasteiger partial charge is 0.263 e. The van der Waals surface area contributed by atoms with Gasteiger partial charge in [0.15, 0.2) is 0 Å². The molecule has 1 aromatic rings. The zero-order chi connectivity index (χ0) is 13.2. The van der Waals surface area contributed by atoms with Gasteiger partial charge in [-0.05, 0) is 49.1 Å². The molecular formula is C15H16O3S. The third-order valence-electron chi connectivity index (χ3n) is 4.93. The van der Waals surface area contributed by atoms with E-state index in [4.69, 9.17) is 4.18 Å². The fraction of sp³-hybridized carbons (Fsp3) is 0.467. The van der Waals surface area contributed by atoms with Crippen LogP contribution in [0.5, 0.6) is 0 Å². The molecule has 4 rings (SSSR count). The number of rotatable bonds is 3. The maximum absolute atomic E-state index is 12.2. The van der Waals surface area contributed by atoms with Crippen molar-refractivity contribution in [3.63, 3.8) is 0 Å². The molecule has 0 radical (unpaired) electrons. The van der Waals surface area contributed by atoms with Crippen LogP contribution in [0.3, 0.4) is 0 Å². The van der Waals surface area contributed by atoms with Gasteiger partial charge in [0.05, 0.1) is 11.0 Å². The SMILES string of the molecule is Cc1ccc(S(=O)(=O)O[C@@H]2C[C@H]3[C@H]4C=C[C@@H]4[C@@H]32)cc1. The van der Waals surface area contributed by atoms with Gasteiger partial charge in [-0.15, -0.1) is 0 Å². The van der Waals surface area contributed by atoms with E-state index < -0.39 is 10.1 Å². The molecule has 2 fully saturated rings. The first-order valence-corrected chi connectivity index (χ1v) is 8.15. The predicted molar refractivity (Wildman–Crippen MR) is 71.0 cm³/mol. The average Bonchev–Trinajstić information content (AvgIpc) is 2.33. The van der Waals surface area contributed by atoms with Gasteiger partial charge in [-0.1, -0.05) is 29.8 Å². The fourth-order valence-corrected chi connectivity index (χ4v) is 4.78. The van der Waals surface area contributed by atoms with E-state index in [2.05, 4.69) is 12.2 Å². The van der Waals surface area contributed by atoms with Crippen molar-refractivity contribution in [3.05, 3.63) is 42.0 Å². The summed E-state index contributed by atoms with van der Waals surface area (Å²) in [6, 6.07) is 6.84. The summed E-state index contributed by atoms with van der Waals surface area (Å²) in [6.07, 6.45) is 5.22. The average molecular weight is 276 g/mol. The Morgan fingerprint density at radius 2 is 1.79 bits per heavy atom. The lowest BCUT2D eigenvalue weighted by Gasteiger charge is -2.64. The molecule has 2 saturated carbocycles. The Bertz CT molecular complexity index is 644. The zero-order valence-corrected chi connectivity index (χ0v) is 11.5. The summed E-state index contributed by atoms with van der Waals surface area (Å²) in [5, 5.41) is 0. The highest BCUT2D eigenvalue weighted by Gasteiger charge is 2.63. The van der Waals surface area contributed by atoms with Gasteiger partial charge < -0.3 is 0 Å². The minimum absolute atomic E-state index is 0.109. The van der Waals surface area contributed by atoms with Crippen molar-refractivity contribution in [2.24, 2.45) is 23.7 Å². The third-order valence-corrected chi connectivity index (χ3v) is 6.28. The van der Waals surface area contributed by atoms with Crippen LogP contribution in [-0.4, -0.2) is 14.5 Å². The molecule has 0 spiro atoms. The van der Waals surface area contributed by atoms with E-state index in [0.29, 0.717) is 23.7 Å². The van der Waals surface area contributed by atoms with E-state index in [0.717, 1.165) is 12.0 Å². The molecule has 100 valence electrons. The van der Waals surface area contributed by atoms with Gasteiger partial charge in [-0.3, -0.25) is 4.18 Å². The van der Waals surface area contributed by atoms with E-state index in [1.165, 1.54) is 0 Å². The lowest BCUT2D eigenvalue weighted by molar-refractivity contribution is -0.154. The molecule has 0 aliphatic heterocycles. The summed E-state index contributed by atoms with van der Waals surface area (Å²) in [6.45, 7) is 1.94. The number of hydrogen-bond donors (Lipinski definition) is 0. The molecule has 3 aliphatic carbocycles. The van der Waals surface area contributed by atoms with Gasteiger partial charge in [0.2, 0.25) is 0 Å². The first-order chi connectivity index (χ1) is 9.06. The van der Waals surface area contributed by atoms with E-state index >= 15 is 0 Å². The van der Waals surface area contributed by atoms with Gasteiger partial charge in [0.25, 0.3) is 10.1 Å². The van der Waals surface area contributed by atoms with Crippen LogP contribution >= 0.6 is 0 Å². The van der Waals surface area contributed by atoms with Crippen molar-refractivity contribution < 1.29 is 12.6 Å². The molecule has 0 unspecified atom stereocenters. The Kier molecular flexibility index (Phi) is 2.28. The number of fused-ring (bicyclic) bond motifs is 4. The van der Waals surface area contributed by atoms with Crippen LogP contribution in [-0.2, 0) is 14.3 Å². The molecule has 0 aromatic heterocycles. The number of hydrogen-bond acceptors (Lipinski definition) is 3. The molecule has 4 heteroatoms. The molecule has 0 amide bonds. The van der Waals surface area contributed by atoms with Crippen LogP contribution in [0.15, 0.2) is 41.3 Å². The van der Waals surface area contributed by atoms with Gasteiger partial charge in [0, 0.05) is 0 Å². The van der Waals surface area contributed by atoms with E-state index in [1.54, 1.807) is 24.3 Å². The molecular weight excluding hydrogens is 260 g/mol. The Morgan fingerprint density at radius 3 is 2.37 bits per heavy atom. The Morgan fingerprint density at radius 1 is 1.11 bits per heavy atom. The second kappa shape index (κ2) is 3.70. The third kappa shape index (κ3) is 1.56. The van der Waals surface area contributed by atoms with Crippen LogP contribution in [0.2, 0.25) is 0 Å². The molecule has 1 aromatic carbocycles. The standard InChI is InChI=1S/C15H16O3S/c1-9-2-4-10(5-3-9)19(16,17)18-14-8-13-11-6-7-12(11)15(13)14/h2-7,11-15H,8H2,1H3/t11-,12-,13-,14+,15-/m0/s1. The predicted octanol–water partition coefficient (Wildman–Crippen LogP) is 2.52. The van der Waals surface area contributed by atoms with E-state index in [9.17, 15) is 8.42 Å². The van der Waals surface area contributed by atoms with Crippen LogP contribution in [0.4, 0.5) is 0 Å². The van der Waals surface area contributed by atoms with Gasteiger partial charge >= 0.3 is 0 Å². The summed E-state index contributed by atoms with van der Waals surface area (Å²) < 4.78 is 29.8. The van der Waals surface area contributed by atoms with Crippen molar-refractivity contribution in [1.29, 1.82) is 0 Å². The molecule has 3 nitrogen and oxygen atoms in total. The lowest BCUT2D eigenvalue weighted by atomic mass is 9.42. The van der Waals surface area contributed by atoms with Gasteiger partial charge in [-0.2, -0.15) is 8.42 Å². The maximum Gasteiger partial charge on any atom is 0.297 e. The van der Waals surface area contributed by atoms with E-state index in [-0.39, 0.29) is 11.0 Å². The minimum Gasteiger partial charge on any atom is -0.263 e. The summed E-state index contributed by atoms with van der Waals surface area (Å²) in [7, 11) is -3.60. The summed E-state index contributed by atoms with van der Waals surface area (Å²) in [5.74, 6) is 2.41. The highest BCUT2D eigenvalue weighted by Crippen LogP contribution is 2.64. The van der Waals surface area contributed by atoms with Crippen molar-refractivity contribution in [1.82, 2.24) is 0 Å². The topological polar surface area (TPSA) is 43.4 Å². The van der Waals surface area contributed by atoms with Crippen molar-refractivity contribution in [2.45, 2.75) is 24.3 Å². The van der Waals surface area contributed by atoms with Gasteiger partial charge in [-0.25, -0.2) is 0 Å². The van der Waals surface area contributed by atoms with Crippen LogP contribution in [0.25, 0.3) is 0 Å². The molecule has 0 N–H and O–H groups in total. The molecule has 3 aliphatic rings. The normalized spacial score (nSPS) is 38.5. The molecule has 19 heavy (non-hydrogen) atoms. The highest BCUT2D eigenvalue weighted by atomic mass is 32.2. The second-order valence-electron chi connectivity index (χ2n) is 5.92. The molecule has 0 heterocycles. The largest absolute Gasteiger partial charge is 0.297 e. The Labute approximate surface area is 113 Å². The first kappa shape index (κ1) is 11.7. The van der Waals surface area contributed by atoms with Crippen molar-refractivity contribution in [2.75, 3.05) is 0 Å². The zero-order valence-electron chi connectivity index (χ0n) is 10.7. The summed E-state index contributed by atoms with van der Waals surface area (Å²) in [4.78, 5) is 0.265. The van der Waals surface area contributed by atoms with Crippen molar-refractivity contribution >= 4 is 10.1 Å². The van der Waals surface area contributed by atoms with Gasteiger partial charge in [0.1, 0.15) is 0 Å². The molecule has 0 bridgehead atoms. The number of allylic oxidation sites excluding steroid dienone is 2. The highest BCUT2D eigenvalue weighted by molar-refractivity contribution is 7.86. The Hall–Kier alpha value is -1.13. The van der Waals surface area contributed by atoms with Crippen molar-refractivity contribution in [3.8, 4) is 0 Å². The lowest BCUT2D eigenvalue weighted by Crippen LogP contribution is -2.63. The first-order valence-electron chi connectivity index (χ1n) is 6.74.